The van der Waals surface area contributed by atoms with E-state index in [4.69, 9.17) is 14.2 Å². The maximum atomic E-state index is 12.8. The number of hydrogen-bond donors (Lipinski definition) is 0. The van der Waals surface area contributed by atoms with Gasteiger partial charge in [0.05, 0.1) is 31.5 Å². The third kappa shape index (κ3) is 2.95. The van der Waals surface area contributed by atoms with Crippen molar-refractivity contribution < 1.29 is 23.8 Å². The molecule has 0 saturated carbocycles. The molecule has 0 radical (unpaired) electrons. The first-order chi connectivity index (χ1) is 13.1. The summed E-state index contributed by atoms with van der Waals surface area (Å²) in [6, 6.07) is 12.7. The Kier molecular flexibility index (Phi) is 4.35. The van der Waals surface area contributed by atoms with Gasteiger partial charge in [0.1, 0.15) is 18.1 Å². The van der Waals surface area contributed by atoms with Crippen LogP contribution in [0.4, 0.5) is 10.5 Å². The molecular formula is C20H20N2O5. The lowest BCUT2D eigenvalue weighted by atomic mass is 10.0. The van der Waals surface area contributed by atoms with Gasteiger partial charge in [0, 0.05) is 24.7 Å². The van der Waals surface area contributed by atoms with Gasteiger partial charge in [-0.25, -0.2) is 4.79 Å². The van der Waals surface area contributed by atoms with E-state index >= 15 is 0 Å². The molecule has 2 aromatic rings. The first-order valence-corrected chi connectivity index (χ1v) is 8.67. The zero-order chi connectivity index (χ0) is 19.0. The Bertz CT molecular complexity index is 892. The van der Waals surface area contributed by atoms with E-state index in [0.717, 1.165) is 11.3 Å². The lowest BCUT2D eigenvalue weighted by molar-refractivity contribution is 0.0575. The number of cyclic esters (lactones) is 1. The lowest BCUT2D eigenvalue weighted by Gasteiger charge is -2.46. The van der Waals surface area contributed by atoms with E-state index in [2.05, 4.69) is 0 Å². The van der Waals surface area contributed by atoms with Crippen LogP contribution in [0.5, 0.6) is 11.5 Å². The molecule has 7 heteroatoms. The largest absolute Gasteiger partial charge is 0.497 e. The summed E-state index contributed by atoms with van der Waals surface area (Å²) >= 11 is 0. The Morgan fingerprint density at radius 1 is 1.11 bits per heavy atom. The number of methoxy groups -OCH3 is 2. The highest BCUT2D eigenvalue weighted by Gasteiger charge is 2.41. The lowest BCUT2D eigenvalue weighted by Crippen LogP contribution is -2.63. The van der Waals surface area contributed by atoms with Gasteiger partial charge in [0.15, 0.2) is 0 Å². The van der Waals surface area contributed by atoms with Crippen molar-refractivity contribution in [3.8, 4) is 11.5 Å². The minimum absolute atomic E-state index is 0.104. The number of ether oxygens (including phenoxy) is 3. The van der Waals surface area contributed by atoms with Gasteiger partial charge in [0.2, 0.25) is 0 Å². The quantitative estimate of drug-likeness (QED) is 0.830. The molecule has 2 heterocycles. The van der Waals surface area contributed by atoms with Gasteiger partial charge in [-0.3, -0.25) is 9.69 Å². The van der Waals surface area contributed by atoms with Crippen LogP contribution < -0.4 is 14.4 Å². The van der Waals surface area contributed by atoms with Gasteiger partial charge in [0.25, 0.3) is 5.91 Å². The Balaban J connectivity index is 1.50. The molecule has 2 aliphatic rings. The molecule has 0 unspecified atom stereocenters. The molecule has 0 bridgehead atoms. The molecule has 0 atom stereocenters. The van der Waals surface area contributed by atoms with Crippen molar-refractivity contribution in [3.63, 3.8) is 0 Å². The number of anilines is 1. The molecule has 2 aromatic carbocycles. The third-order valence-electron chi connectivity index (χ3n) is 4.95. The fourth-order valence-corrected chi connectivity index (χ4v) is 3.45. The molecule has 4 rings (SSSR count). The number of fused-ring (bicyclic) bond motifs is 1. The molecule has 7 nitrogen and oxygen atoms in total. The van der Waals surface area contributed by atoms with Crippen molar-refractivity contribution in [1.29, 1.82) is 0 Å². The number of carbonyl (C=O) groups is 2. The molecule has 0 N–H and O–H groups in total. The highest BCUT2D eigenvalue weighted by atomic mass is 16.6. The van der Waals surface area contributed by atoms with E-state index in [-0.39, 0.29) is 24.6 Å². The van der Waals surface area contributed by atoms with Crippen molar-refractivity contribution in [3.05, 3.63) is 53.6 Å². The number of rotatable bonds is 4. The van der Waals surface area contributed by atoms with Crippen LogP contribution in [0.3, 0.4) is 0 Å². The van der Waals surface area contributed by atoms with Crippen molar-refractivity contribution in [2.24, 2.45) is 0 Å². The predicted octanol–water partition coefficient (Wildman–Crippen LogP) is 2.69. The zero-order valence-corrected chi connectivity index (χ0v) is 15.2. The number of nitrogens with zero attached hydrogens (tertiary/aromatic N) is 2. The number of amides is 2. The van der Waals surface area contributed by atoms with E-state index in [9.17, 15) is 9.59 Å². The molecule has 0 aliphatic carbocycles. The van der Waals surface area contributed by atoms with Crippen LogP contribution in [0.2, 0.25) is 0 Å². The van der Waals surface area contributed by atoms with Crippen LogP contribution in [0, 0.1) is 0 Å². The van der Waals surface area contributed by atoms with E-state index in [1.807, 2.05) is 24.3 Å². The second kappa shape index (κ2) is 6.83. The minimum atomic E-state index is -0.368. The number of carbonyl (C=O) groups excluding carboxylic acids is 2. The topological polar surface area (TPSA) is 68.3 Å². The Morgan fingerprint density at radius 3 is 2.63 bits per heavy atom. The van der Waals surface area contributed by atoms with Gasteiger partial charge in [-0.1, -0.05) is 18.2 Å². The van der Waals surface area contributed by atoms with Crippen LogP contribution in [0.1, 0.15) is 15.9 Å². The van der Waals surface area contributed by atoms with E-state index < -0.39 is 0 Å². The summed E-state index contributed by atoms with van der Waals surface area (Å²) in [6.07, 6.45) is -0.368. The molecule has 0 spiro atoms. The Labute approximate surface area is 157 Å². The van der Waals surface area contributed by atoms with Gasteiger partial charge in [-0.05, 0) is 18.2 Å². The average molecular weight is 368 g/mol. The molecule has 2 amide bonds. The fourth-order valence-electron chi connectivity index (χ4n) is 3.45. The fraction of sp³-hybridized carbons (Fsp3) is 0.300. The second-order valence-electron chi connectivity index (χ2n) is 6.48. The molecule has 140 valence electrons. The summed E-state index contributed by atoms with van der Waals surface area (Å²) in [5, 5.41) is 0. The summed E-state index contributed by atoms with van der Waals surface area (Å²) in [6.45, 7) is 1.17. The molecule has 1 fully saturated rings. The van der Waals surface area contributed by atoms with Crippen LogP contribution in [-0.2, 0) is 11.3 Å². The SMILES string of the molecule is COc1ccc(C(=O)N2CC(N3C(=O)OCc4ccccc43)C2)c(OC)c1. The van der Waals surface area contributed by atoms with Crippen LogP contribution in [-0.4, -0.2) is 50.3 Å². The minimum Gasteiger partial charge on any atom is -0.497 e. The maximum absolute atomic E-state index is 12.8. The van der Waals surface area contributed by atoms with Gasteiger partial charge < -0.3 is 19.1 Å². The van der Waals surface area contributed by atoms with Crippen molar-refractivity contribution in [1.82, 2.24) is 4.90 Å². The summed E-state index contributed by atoms with van der Waals surface area (Å²) in [7, 11) is 3.08. The number of hydrogen-bond acceptors (Lipinski definition) is 5. The second-order valence-corrected chi connectivity index (χ2v) is 6.48. The molecule has 27 heavy (non-hydrogen) atoms. The highest BCUT2D eigenvalue weighted by Crippen LogP contribution is 2.33. The van der Waals surface area contributed by atoms with Gasteiger partial charge in [-0.15, -0.1) is 0 Å². The first kappa shape index (κ1) is 17.2. The summed E-state index contributed by atoms with van der Waals surface area (Å²) in [4.78, 5) is 28.4. The summed E-state index contributed by atoms with van der Waals surface area (Å²) in [5.74, 6) is 0.951. The zero-order valence-electron chi connectivity index (χ0n) is 15.2. The van der Waals surface area contributed by atoms with E-state index in [1.54, 1.807) is 35.1 Å². The first-order valence-electron chi connectivity index (χ1n) is 8.67. The Morgan fingerprint density at radius 2 is 1.89 bits per heavy atom. The highest BCUT2D eigenvalue weighted by molar-refractivity contribution is 5.98. The molecule has 1 saturated heterocycles. The van der Waals surface area contributed by atoms with E-state index in [1.165, 1.54) is 7.11 Å². The van der Waals surface area contributed by atoms with Crippen molar-refractivity contribution in [2.75, 3.05) is 32.2 Å². The number of likely N-dealkylation sites (tertiary alicyclic amines) is 1. The monoisotopic (exact) mass is 368 g/mol. The number of para-hydroxylation sites is 1. The molecule has 0 aromatic heterocycles. The predicted molar refractivity (Wildman–Crippen MR) is 98.3 cm³/mol. The molecule has 2 aliphatic heterocycles. The average Bonchev–Trinajstić information content (AvgIpc) is 2.67. The summed E-state index contributed by atoms with van der Waals surface area (Å²) in [5.41, 5.74) is 2.30. The van der Waals surface area contributed by atoms with Crippen molar-refractivity contribution in [2.45, 2.75) is 12.6 Å². The number of benzene rings is 2. The van der Waals surface area contributed by atoms with Gasteiger partial charge >= 0.3 is 6.09 Å². The van der Waals surface area contributed by atoms with Gasteiger partial charge in [-0.2, -0.15) is 0 Å². The van der Waals surface area contributed by atoms with Crippen LogP contribution in [0.25, 0.3) is 0 Å². The third-order valence-corrected chi connectivity index (χ3v) is 4.95. The maximum Gasteiger partial charge on any atom is 0.415 e. The Hall–Kier alpha value is -3.22. The van der Waals surface area contributed by atoms with Crippen LogP contribution in [0.15, 0.2) is 42.5 Å². The standard InChI is InChI=1S/C20H20N2O5/c1-25-15-7-8-16(18(9-15)26-2)19(23)21-10-14(11-21)22-17-6-4-3-5-13(17)12-27-20(22)24/h3-9,14H,10-12H2,1-2H3. The van der Waals surface area contributed by atoms with Crippen molar-refractivity contribution >= 4 is 17.7 Å². The molecular weight excluding hydrogens is 348 g/mol. The van der Waals surface area contributed by atoms with Crippen LogP contribution >= 0.6 is 0 Å². The van der Waals surface area contributed by atoms with E-state index in [0.29, 0.717) is 30.2 Å². The summed E-state index contributed by atoms with van der Waals surface area (Å²) < 4.78 is 15.8. The normalized spacial score (nSPS) is 16.3. The smallest absolute Gasteiger partial charge is 0.415 e.